The normalized spacial score (nSPS) is 11.1. The number of halogens is 3. The maximum Gasteiger partial charge on any atom is 0.258 e. The Bertz CT molecular complexity index is 1230. The third kappa shape index (κ3) is 3.64. The maximum atomic E-state index is 13.4. The number of rotatable bonds is 3. The molecule has 0 aliphatic rings. The van der Waals surface area contributed by atoms with Crippen LogP contribution in [0.25, 0.3) is 22.2 Å². The molecular weight excluding hydrogens is 384 g/mol. The number of hydrogen-bond donors (Lipinski definition) is 1. The van der Waals surface area contributed by atoms with E-state index in [9.17, 15) is 13.6 Å². The van der Waals surface area contributed by atoms with E-state index in [-0.39, 0.29) is 5.56 Å². The van der Waals surface area contributed by atoms with Gasteiger partial charge in [-0.15, -0.1) is 0 Å². The average Bonchev–Trinajstić information content (AvgIpc) is 2.63. The van der Waals surface area contributed by atoms with Gasteiger partial charge in [-0.2, -0.15) is 0 Å². The Morgan fingerprint density at radius 1 is 1.07 bits per heavy atom. The third-order valence-electron chi connectivity index (χ3n) is 4.37. The lowest BCUT2D eigenvalue weighted by atomic mass is 10.1. The zero-order chi connectivity index (χ0) is 19.8. The first-order chi connectivity index (χ1) is 13.4. The smallest absolute Gasteiger partial charge is 0.258 e. The van der Waals surface area contributed by atoms with Crippen LogP contribution in [0.4, 0.5) is 8.78 Å². The number of nitrogens with one attached hydrogen (secondary N) is 1. The fraction of sp³-hybridized carbons (Fsp3) is 0.0952. The highest BCUT2D eigenvalue weighted by molar-refractivity contribution is 6.31. The van der Waals surface area contributed by atoms with Crippen LogP contribution >= 0.6 is 11.6 Å². The first-order valence-electron chi connectivity index (χ1n) is 8.49. The summed E-state index contributed by atoms with van der Waals surface area (Å²) in [6.07, 6.45) is 1.95. The molecule has 0 fully saturated rings. The molecule has 0 radical (unpaired) electrons. The lowest BCUT2D eigenvalue weighted by molar-refractivity contribution is 0.584. The van der Waals surface area contributed by atoms with Crippen LogP contribution in [0, 0.1) is 18.6 Å². The van der Waals surface area contributed by atoms with Crippen LogP contribution in [-0.2, 0) is 6.42 Å². The molecule has 0 aliphatic heterocycles. The molecule has 2 aromatic carbocycles. The number of H-pyrrole nitrogens is 1. The van der Waals surface area contributed by atoms with Gasteiger partial charge in [-0.25, -0.2) is 13.8 Å². The van der Waals surface area contributed by atoms with Crippen LogP contribution in [0.5, 0.6) is 0 Å². The van der Waals surface area contributed by atoms with Crippen molar-refractivity contribution in [2.24, 2.45) is 0 Å². The molecule has 4 rings (SSSR count). The number of aryl methyl sites for hydroxylation is 1. The number of aromatic nitrogens is 3. The highest BCUT2D eigenvalue weighted by atomic mass is 35.5. The molecule has 7 heteroatoms. The van der Waals surface area contributed by atoms with Crippen LogP contribution in [0.3, 0.4) is 0 Å². The van der Waals surface area contributed by atoms with Crippen molar-refractivity contribution >= 4 is 22.5 Å². The Hall–Kier alpha value is -3.12. The van der Waals surface area contributed by atoms with Gasteiger partial charge >= 0.3 is 0 Å². The van der Waals surface area contributed by atoms with E-state index in [2.05, 4.69) is 15.0 Å². The van der Waals surface area contributed by atoms with Crippen molar-refractivity contribution in [3.63, 3.8) is 0 Å². The molecule has 1 N–H and O–H groups in total. The van der Waals surface area contributed by atoms with Gasteiger partial charge < -0.3 is 4.98 Å². The summed E-state index contributed by atoms with van der Waals surface area (Å²) in [6, 6.07) is 10.1. The third-order valence-corrected chi connectivity index (χ3v) is 4.59. The minimum Gasteiger partial charge on any atom is -0.310 e. The van der Waals surface area contributed by atoms with Gasteiger partial charge in [0, 0.05) is 29.3 Å². The number of fused-ring (bicyclic) bond motifs is 1. The van der Waals surface area contributed by atoms with E-state index in [0.717, 1.165) is 17.2 Å². The predicted octanol–water partition coefficient (Wildman–Crippen LogP) is 4.82. The molecule has 0 saturated heterocycles. The zero-order valence-corrected chi connectivity index (χ0v) is 15.5. The molecule has 0 bridgehead atoms. The van der Waals surface area contributed by atoms with E-state index in [1.807, 2.05) is 6.92 Å². The highest BCUT2D eigenvalue weighted by Crippen LogP contribution is 2.22. The van der Waals surface area contributed by atoms with Crippen LogP contribution in [0.15, 0.2) is 53.5 Å². The van der Waals surface area contributed by atoms with Crippen molar-refractivity contribution in [3.8, 4) is 11.3 Å². The van der Waals surface area contributed by atoms with E-state index in [1.54, 1.807) is 30.5 Å². The second-order valence-corrected chi connectivity index (χ2v) is 6.95. The van der Waals surface area contributed by atoms with E-state index < -0.39 is 11.6 Å². The van der Waals surface area contributed by atoms with Crippen molar-refractivity contribution in [2.45, 2.75) is 13.3 Å². The van der Waals surface area contributed by atoms with Gasteiger partial charge in [0.2, 0.25) is 0 Å². The molecule has 0 spiro atoms. The first-order valence-corrected chi connectivity index (χ1v) is 8.87. The van der Waals surface area contributed by atoms with Crippen molar-refractivity contribution in [1.82, 2.24) is 15.0 Å². The fourth-order valence-corrected chi connectivity index (χ4v) is 3.37. The highest BCUT2D eigenvalue weighted by Gasteiger charge is 2.10. The van der Waals surface area contributed by atoms with Crippen LogP contribution in [-0.4, -0.2) is 15.0 Å². The maximum absolute atomic E-state index is 13.4. The lowest BCUT2D eigenvalue weighted by Gasteiger charge is -2.07. The minimum atomic E-state index is -0.658. The van der Waals surface area contributed by atoms with Gasteiger partial charge in [0.25, 0.3) is 5.56 Å². The largest absolute Gasteiger partial charge is 0.310 e. The molecule has 0 unspecified atom stereocenters. The molecule has 0 amide bonds. The van der Waals surface area contributed by atoms with Gasteiger partial charge in [0.15, 0.2) is 0 Å². The summed E-state index contributed by atoms with van der Waals surface area (Å²) in [5.74, 6) is -0.821. The lowest BCUT2D eigenvalue weighted by Crippen LogP contribution is -2.13. The fourth-order valence-electron chi connectivity index (χ4n) is 3.10. The predicted molar refractivity (Wildman–Crippen MR) is 105 cm³/mol. The molecule has 0 aliphatic carbocycles. The molecule has 140 valence electrons. The second-order valence-electron chi connectivity index (χ2n) is 6.52. The number of hydrogen-bond acceptors (Lipinski definition) is 3. The number of aromatic amines is 1. The Balaban J connectivity index is 1.65. The van der Waals surface area contributed by atoms with Crippen LogP contribution in [0.1, 0.15) is 17.0 Å². The second kappa shape index (κ2) is 7.13. The van der Waals surface area contributed by atoms with Gasteiger partial charge in [-0.1, -0.05) is 17.7 Å². The standard InChI is InChI=1S/C21H14ClF2N3O/c1-11-4-14(22)8-17-20(11)26-19(27-21(17)28)5-12-2-3-18(25-10-12)13-6-15(23)9-16(24)7-13/h2-4,6-10H,5H2,1H3,(H,26,27,28). The Labute approximate surface area is 163 Å². The summed E-state index contributed by atoms with van der Waals surface area (Å²) in [4.78, 5) is 23.9. The van der Waals surface area contributed by atoms with Gasteiger partial charge in [-0.3, -0.25) is 9.78 Å². The summed E-state index contributed by atoms with van der Waals surface area (Å²) in [5, 5.41) is 0.925. The Kier molecular flexibility index (Phi) is 4.65. The van der Waals surface area contributed by atoms with Gasteiger partial charge in [-0.05, 0) is 48.4 Å². The quantitative estimate of drug-likeness (QED) is 0.539. The summed E-state index contributed by atoms with van der Waals surface area (Å²) in [7, 11) is 0. The number of nitrogens with zero attached hydrogens (tertiary/aromatic N) is 2. The van der Waals surface area contributed by atoms with Crippen molar-refractivity contribution in [3.05, 3.63) is 92.6 Å². The molecular formula is C21H14ClF2N3O. The zero-order valence-electron chi connectivity index (χ0n) is 14.8. The van der Waals surface area contributed by atoms with E-state index >= 15 is 0 Å². The summed E-state index contributed by atoms with van der Waals surface area (Å²) < 4.78 is 26.8. The Morgan fingerprint density at radius 2 is 1.82 bits per heavy atom. The summed E-state index contributed by atoms with van der Waals surface area (Å²) >= 11 is 6.01. The van der Waals surface area contributed by atoms with Crippen LogP contribution < -0.4 is 5.56 Å². The van der Waals surface area contributed by atoms with E-state index in [4.69, 9.17) is 11.6 Å². The minimum absolute atomic E-state index is 0.259. The average molecular weight is 398 g/mol. The molecule has 4 aromatic rings. The molecule has 0 atom stereocenters. The van der Waals surface area contributed by atoms with E-state index in [0.29, 0.717) is 39.4 Å². The number of benzene rings is 2. The monoisotopic (exact) mass is 397 g/mol. The molecule has 28 heavy (non-hydrogen) atoms. The molecule has 0 saturated carbocycles. The van der Waals surface area contributed by atoms with E-state index in [1.165, 1.54) is 12.1 Å². The van der Waals surface area contributed by atoms with Gasteiger partial charge in [0.05, 0.1) is 16.6 Å². The number of pyridine rings is 1. The first kappa shape index (κ1) is 18.3. The molecule has 4 nitrogen and oxygen atoms in total. The Morgan fingerprint density at radius 3 is 2.50 bits per heavy atom. The van der Waals surface area contributed by atoms with Crippen molar-refractivity contribution in [2.75, 3.05) is 0 Å². The van der Waals surface area contributed by atoms with Crippen molar-refractivity contribution < 1.29 is 8.78 Å². The SMILES string of the molecule is Cc1cc(Cl)cc2c(=O)[nH]c(Cc3ccc(-c4cc(F)cc(F)c4)nc3)nc12. The summed E-state index contributed by atoms with van der Waals surface area (Å²) in [5.41, 5.74) is 2.76. The summed E-state index contributed by atoms with van der Waals surface area (Å²) in [6.45, 7) is 1.85. The van der Waals surface area contributed by atoms with Crippen LogP contribution in [0.2, 0.25) is 5.02 Å². The topological polar surface area (TPSA) is 58.6 Å². The molecule has 2 aromatic heterocycles. The molecule has 2 heterocycles. The van der Waals surface area contributed by atoms with Gasteiger partial charge in [0.1, 0.15) is 17.5 Å². The van der Waals surface area contributed by atoms with Crippen molar-refractivity contribution in [1.29, 1.82) is 0 Å².